The summed E-state index contributed by atoms with van der Waals surface area (Å²) in [6, 6.07) is 6.12. The van der Waals surface area contributed by atoms with Crippen molar-refractivity contribution in [2.24, 2.45) is 5.92 Å². The second-order valence-corrected chi connectivity index (χ2v) is 5.22. The molecule has 3 rings (SSSR count). The van der Waals surface area contributed by atoms with Crippen molar-refractivity contribution >= 4 is 0 Å². The van der Waals surface area contributed by atoms with Crippen LogP contribution >= 0.6 is 0 Å². The van der Waals surface area contributed by atoms with Crippen molar-refractivity contribution in [2.75, 3.05) is 19.8 Å². The summed E-state index contributed by atoms with van der Waals surface area (Å²) in [6.45, 7) is 3.23. The van der Waals surface area contributed by atoms with Crippen LogP contribution in [0.1, 0.15) is 24.8 Å². The van der Waals surface area contributed by atoms with Gasteiger partial charge in [0.1, 0.15) is 13.2 Å². The van der Waals surface area contributed by atoms with E-state index in [1.165, 1.54) is 24.8 Å². The molecule has 3 heteroatoms. The average molecular weight is 259 g/mol. The molecule has 1 aliphatic heterocycles. The Bertz CT molecular complexity index is 456. The van der Waals surface area contributed by atoms with E-state index in [0.717, 1.165) is 30.5 Å². The van der Waals surface area contributed by atoms with Crippen LogP contribution in [0.2, 0.25) is 0 Å². The first-order chi connectivity index (χ1) is 9.43. The number of ether oxygens (including phenoxy) is 2. The van der Waals surface area contributed by atoms with E-state index in [9.17, 15) is 0 Å². The predicted octanol–water partition coefficient (Wildman–Crippen LogP) is 2.90. The largest absolute Gasteiger partial charge is 0.486 e. The van der Waals surface area contributed by atoms with Crippen molar-refractivity contribution in [2.45, 2.75) is 25.8 Å². The van der Waals surface area contributed by atoms with Crippen molar-refractivity contribution in [1.29, 1.82) is 0 Å². The third-order valence-electron chi connectivity index (χ3n) is 3.77. The molecule has 2 aliphatic rings. The normalized spacial score (nSPS) is 21.4. The fraction of sp³-hybridized carbons (Fsp3) is 0.500. The predicted molar refractivity (Wildman–Crippen MR) is 75.6 cm³/mol. The van der Waals surface area contributed by atoms with Crippen LogP contribution in [-0.4, -0.2) is 19.8 Å². The van der Waals surface area contributed by atoms with Crippen LogP contribution in [0.5, 0.6) is 11.5 Å². The summed E-state index contributed by atoms with van der Waals surface area (Å²) < 4.78 is 11.3. The summed E-state index contributed by atoms with van der Waals surface area (Å²) in [6.07, 6.45) is 8.33. The number of hydrogen-bond donors (Lipinski definition) is 1. The van der Waals surface area contributed by atoms with E-state index < -0.39 is 0 Å². The average Bonchev–Trinajstić information content (AvgIpc) is 2.49. The molecule has 0 saturated heterocycles. The molecule has 1 aromatic carbocycles. The maximum atomic E-state index is 5.72. The van der Waals surface area contributed by atoms with Crippen molar-refractivity contribution in [3.8, 4) is 11.5 Å². The fourth-order valence-electron chi connectivity index (χ4n) is 2.73. The highest BCUT2D eigenvalue weighted by atomic mass is 16.6. The number of fused-ring (bicyclic) bond motifs is 1. The number of rotatable bonds is 4. The Morgan fingerprint density at radius 3 is 3.00 bits per heavy atom. The number of allylic oxidation sites excluding steroid dienone is 2. The van der Waals surface area contributed by atoms with Crippen LogP contribution in [0.3, 0.4) is 0 Å². The number of hydrogen-bond acceptors (Lipinski definition) is 3. The molecule has 1 aromatic rings. The maximum absolute atomic E-state index is 5.72. The zero-order valence-electron chi connectivity index (χ0n) is 11.2. The van der Waals surface area contributed by atoms with Gasteiger partial charge in [-0.3, -0.25) is 0 Å². The Labute approximate surface area is 114 Å². The first kappa shape index (κ1) is 12.5. The van der Waals surface area contributed by atoms with Crippen LogP contribution in [0.15, 0.2) is 30.4 Å². The summed E-state index contributed by atoms with van der Waals surface area (Å²) in [5.74, 6) is 2.58. The van der Waals surface area contributed by atoms with Crippen molar-refractivity contribution in [1.82, 2.24) is 5.32 Å². The van der Waals surface area contributed by atoms with Crippen molar-refractivity contribution < 1.29 is 9.47 Å². The Hall–Kier alpha value is -1.48. The summed E-state index contributed by atoms with van der Waals surface area (Å²) in [4.78, 5) is 0. The van der Waals surface area contributed by atoms with Crippen molar-refractivity contribution in [3.63, 3.8) is 0 Å². The van der Waals surface area contributed by atoms with Crippen LogP contribution in [0, 0.1) is 5.92 Å². The lowest BCUT2D eigenvalue weighted by molar-refractivity contribution is 0.169. The van der Waals surface area contributed by atoms with Gasteiger partial charge in [0.2, 0.25) is 0 Å². The fourth-order valence-corrected chi connectivity index (χ4v) is 2.73. The minimum atomic E-state index is 0.650. The van der Waals surface area contributed by atoms with Crippen LogP contribution < -0.4 is 14.8 Å². The van der Waals surface area contributed by atoms with E-state index in [4.69, 9.17) is 9.47 Å². The molecular weight excluding hydrogens is 238 g/mol. The summed E-state index contributed by atoms with van der Waals surface area (Å²) in [7, 11) is 0. The Kier molecular flexibility index (Phi) is 4.04. The first-order valence-electron chi connectivity index (χ1n) is 7.16. The molecular formula is C16H21NO2. The standard InChI is InChI=1S/C16H21NO2/c1-2-5-13(6-3-1)11-17-12-14-7-4-8-15-16(14)19-10-9-18-15/h1-2,4,7-8,13,17H,3,5-6,9-12H2. The second kappa shape index (κ2) is 6.11. The Morgan fingerprint density at radius 1 is 1.16 bits per heavy atom. The molecule has 1 aliphatic carbocycles. The van der Waals surface area contributed by atoms with Gasteiger partial charge in [0, 0.05) is 12.1 Å². The highest BCUT2D eigenvalue weighted by Crippen LogP contribution is 2.33. The lowest BCUT2D eigenvalue weighted by Crippen LogP contribution is -2.24. The van der Waals surface area contributed by atoms with E-state index >= 15 is 0 Å². The van der Waals surface area contributed by atoms with Gasteiger partial charge in [-0.25, -0.2) is 0 Å². The molecule has 1 heterocycles. The third kappa shape index (κ3) is 3.10. The summed E-state index contributed by atoms with van der Waals surface area (Å²) in [5.41, 5.74) is 1.20. The lowest BCUT2D eigenvalue weighted by atomic mass is 9.94. The monoisotopic (exact) mass is 259 g/mol. The Morgan fingerprint density at radius 2 is 2.11 bits per heavy atom. The summed E-state index contributed by atoms with van der Waals surface area (Å²) >= 11 is 0. The van der Waals surface area contributed by atoms with Gasteiger partial charge >= 0.3 is 0 Å². The molecule has 0 amide bonds. The molecule has 0 spiro atoms. The van der Waals surface area contributed by atoms with E-state index in [0.29, 0.717) is 13.2 Å². The minimum Gasteiger partial charge on any atom is -0.486 e. The molecule has 0 saturated carbocycles. The van der Waals surface area contributed by atoms with Crippen molar-refractivity contribution in [3.05, 3.63) is 35.9 Å². The van der Waals surface area contributed by atoms with Gasteiger partial charge in [-0.1, -0.05) is 24.3 Å². The Balaban J connectivity index is 1.56. The number of nitrogens with one attached hydrogen (secondary N) is 1. The highest BCUT2D eigenvalue weighted by molar-refractivity contribution is 5.47. The number of para-hydroxylation sites is 1. The number of benzene rings is 1. The van der Waals surface area contributed by atoms with E-state index in [1.54, 1.807) is 0 Å². The molecule has 0 bridgehead atoms. The zero-order chi connectivity index (χ0) is 12.9. The zero-order valence-corrected chi connectivity index (χ0v) is 11.2. The smallest absolute Gasteiger partial charge is 0.165 e. The molecule has 19 heavy (non-hydrogen) atoms. The molecule has 1 atom stereocenters. The van der Waals surface area contributed by atoms with Crippen LogP contribution in [-0.2, 0) is 6.54 Å². The molecule has 1 unspecified atom stereocenters. The quantitative estimate of drug-likeness (QED) is 0.843. The van der Waals surface area contributed by atoms with Gasteiger partial charge in [-0.15, -0.1) is 0 Å². The lowest BCUT2D eigenvalue weighted by Gasteiger charge is -2.22. The van der Waals surface area contributed by atoms with Crippen LogP contribution in [0.4, 0.5) is 0 Å². The van der Waals surface area contributed by atoms with Gasteiger partial charge in [-0.2, -0.15) is 0 Å². The van der Waals surface area contributed by atoms with Gasteiger partial charge in [0.15, 0.2) is 11.5 Å². The molecule has 1 N–H and O–H groups in total. The second-order valence-electron chi connectivity index (χ2n) is 5.22. The molecule has 102 valence electrons. The van der Waals surface area contributed by atoms with Gasteiger partial charge in [0.25, 0.3) is 0 Å². The van der Waals surface area contributed by atoms with Crippen LogP contribution in [0.25, 0.3) is 0 Å². The van der Waals surface area contributed by atoms with E-state index in [1.807, 2.05) is 12.1 Å². The summed E-state index contributed by atoms with van der Waals surface area (Å²) in [5, 5.41) is 3.55. The molecule has 0 fully saturated rings. The first-order valence-corrected chi connectivity index (χ1v) is 7.16. The third-order valence-corrected chi connectivity index (χ3v) is 3.77. The van der Waals surface area contributed by atoms with Gasteiger partial charge in [-0.05, 0) is 37.8 Å². The van der Waals surface area contributed by atoms with E-state index in [2.05, 4.69) is 23.5 Å². The topological polar surface area (TPSA) is 30.5 Å². The van der Waals surface area contributed by atoms with E-state index in [-0.39, 0.29) is 0 Å². The SMILES string of the molecule is C1=CCC(CNCc2cccc3c2OCCO3)CC1. The van der Waals surface area contributed by atoms with Gasteiger partial charge < -0.3 is 14.8 Å². The van der Waals surface area contributed by atoms with Gasteiger partial charge in [0.05, 0.1) is 0 Å². The minimum absolute atomic E-state index is 0.650. The maximum Gasteiger partial charge on any atom is 0.165 e. The highest BCUT2D eigenvalue weighted by Gasteiger charge is 2.15. The molecule has 3 nitrogen and oxygen atoms in total. The molecule has 0 aromatic heterocycles. The molecule has 0 radical (unpaired) electrons.